The maximum Gasteiger partial charge on any atom is 0.313 e. The lowest BCUT2D eigenvalue weighted by molar-refractivity contribution is -0.136. The van der Waals surface area contributed by atoms with Gasteiger partial charge in [-0.2, -0.15) is 0 Å². The molecule has 0 unspecified atom stereocenters. The van der Waals surface area contributed by atoms with E-state index in [-0.39, 0.29) is 6.04 Å². The number of rotatable bonds is 5. The van der Waals surface area contributed by atoms with Crippen molar-refractivity contribution in [3.63, 3.8) is 0 Å². The molecule has 0 aromatic heterocycles. The molecule has 25 heavy (non-hydrogen) atoms. The molecular weight excluding hydrogens is 318 g/mol. The number of amides is 2. The summed E-state index contributed by atoms with van der Waals surface area (Å²) in [5.41, 5.74) is 3.77. The van der Waals surface area contributed by atoms with E-state index < -0.39 is 11.8 Å². The molecule has 138 valence electrons. The van der Waals surface area contributed by atoms with Gasteiger partial charge in [0.25, 0.3) is 0 Å². The summed E-state index contributed by atoms with van der Waals surface area (Å²) in [7, 11) is 1.68. The number of hydrogen-bond acceptors (Lipinski definition) is 4. The van der Waals surface area contributed by atoms with Gasteiger partial charge in [-0.25, -0.2) is 0 Å². The third kappa shape index (κ3) is 5.54. The molecule has 1 aliphatic rings. The minimum absolute atomic E-state index is 0.00377. The Bertz CT molecular complexity index is 607. The van der Waals surface area contributed by atoms with Gasteiger partial charge in [-0.15, -0.1) is 0 Å². The van der Waals surface area contributed by atoms with E-state index in [1.165, 1.54) is 0 Å². The standard InChI is InChI=1S/C19H29N3O3/c1-13-10-14(2)17(15(3)11-13)21-19(24)18(23)20-16-6-5-7-22(12-16)8-9-25-4/h10-11,16H,5-9,12H2,1-4H3,(H,20,23)(H,21,24)/t16-/m1/s1. The van der Waals surface area contributed by atoms with Crippen LogP contribution in [0.3, 0.4) is 0 Å². The lowest BCUT2D eigenvalue weighted by Gasteiger charge is -2.32. The first kappa shape index (κ1) is 19.4. The second kappa shape index (κ2) is 8.97. The van der Waals surface area contributed by atoms with E-state index in [0.29, 0.717) is 6.61 Å². The molecule has 2 N–H and O–H groups in total. The number of methoxy groups -OCH3 is 1. The van der Waals surface area contributed by atoms with Crippen molar-refractivity contribution in [2.45, 2.75) is 39.7 Å². The highest BCUT2D eigenvalue weighted by Crippen LogP contribution is 2.21. The summed E-state index contributed by atoms with van der Waals surface area (Å²) >= 11 is 0. The zero-order chi connectivity index (χ0) is 18.4. The van der Waals surface area contributed by atoms with Crippen LogP contribution in [-0.4, -0.2) is 56.1 Å². The van der Waals surface area contributed by atoms with Crippen molar-refractivity contribution in [3.05, 3.63) is 28.8 Å². The minimum Gasteiger partial charge on any atom is -0.383 e. The maximum atomic E-state index is 12.3. The summed E-state index contributed by atoms with van der Waals surface area (Å²) in [5.74, 6) is -1.18. The Labute approximate surface area is 149 Å². The molecule has 1 aromatic rings. The van der Waals surface area contributed by atoms with Gasteiger partial charge in [0.1, 0.15) is 0 Å². The number of nitrogens with zero attached hydrogens (tertiary/aromatic N) is 1. The second-order valence-electron chi connectivity index (χ2n) is 6.83. The van der Waals surface area contributed by atoms with Crippen LogP contribution in [0.1, 0.15) is 29.5 Å². The zero-order valence-electron chi connectivity index (χ0n) is 15.6. The van der Waals surface area contributed by atoms with Gasteiger partial charge >= 0.3 is 11.8 Å². The molecule has 6 nitrogen and oxygen atoms in total. The van der Waals surface area contributed by atoms with Crippen LogP contribution in [0.4, 0.5) is 5.69 Å². The van der Waals surface area contributed by atoms with Crippen molar-refractivity contribution < 1.29 is 14.3 Å². The first-order chi connectivity index (χ1) is 11.9. The summed E-state index contributed by atoms with van der Waals surface area (Å²) < 4.78 is 5.10. The number of carbonyl (C=O) groups is 2. The van der Waals surface area contributed by atoms with Crippen LogP contribution in [0.2, 0.25) is 0 Å². The zero-order valence-corrected chi connectivity index (χ0v) is 15.6. The van der Waals surface area contributed by atoms with Crippen LogP contribution < -0.4 is 10.6 Å². The van der Waals surface area contributed by atoms with Crippen LogP contribution in [0.15, 0.2) is 12.1 Å². The van der Waals surface area contributed by atoms with Crippen LogP contribution in [0.25, 0.3) is 0 Å². The molecule has 0 radical (unpaired) electrons. The third-order valence-corrected chi connectivity index (χ3v) is 4.57. The van der Waals surface area contributed by atoms with Gasteiger partial charge in [0.2, 0.25) is 0 Å². The third-order valence-electron chi connectivity index (χ3n) is 4.57. The number of ether oxygens (including phenoxy) is 1. The Morgan fingerprint density at radius 2 is 1.88 bits per heavy atom. The van der Waals surface area contributed by atoms with Crippen LogP contribution >= 0.6 is 0 Å². The Morgan fingerprint density at radius 1 is 1.20 bits per heavy atom. The van der Waals surface area contributed by atoms with Crippen molar-refractivity contribution in [2.75, 3.05) is 38.7 Å². The lowest BCUT2D eigenvalue weighted by Crippen LogP contribution is -2.50. The molecular formula is C19H29N3O3. The molecule has 0 saturated carbocycles. The number of anilines is 1. The first-order valence-corrected chi connectivity index (χ1v) is 8.81. The molecule has 2 amide bonds. The van der Waals surface area contributed by atoms with Crippen molar-refractivity contribution in [1.29, 1.82) is 0 Å². The molecule has 0 spiro atoms. The maximum absolute atomic E-state index is 12.3. The number of nitrogens with one attached hydrogen (secondary N) is 2. The first-order valence-electron chi connectivity index (χ1n) is 8.81. The van der Waals surface area contributed by atoms with Crippen molar-refractivity contribution in [1.82, 2.24) is 10.2 Å². The van der Waals surface area contributed by atoms with Crippen molar-refractivity contribution in [2.24, 2.45) is 0 Å². The number of hydrogen-bond donors (Lipinski definition) is 2. The van der Waals surface area contributed by atoms with E-state index >= 15 is 0 Å². The summed E-state index contributed by atoms with van der Waals surface area (Å²) in [6.07, 6.45) is 1.90. The highest BCUT2D eigenvalue weighted by Gasteiger charge is 2.24. The largest absolute Gasteiger partial charge is 0.383 e. The summed E-state index contributed by atoms with van der Waals surface area (Å²) in [6.45, 7) is 9.15. The van der Waals surface area contributed by atoms with Gasteiger partial charge in [0, 0.05) is 31.9 Å². The predicted molar refractivity (Wildman–Crippen MR) is 98.8 cm³/mol. The van der Waals surface area contributed by atoms with Gasteiger partial charge in [0.05, 0.1) is 6.61 Å². The highest BCUT2D eigenvalue weighted by atomic mass is 16.5. The molecule has 0 aliphatic carbocycles. The van der Waals surface area contributed by atoms with E-state index in [9.17, 15) is 9.59 Å². The molecule has 1 aliphatic heterocycles. The monoisotopic (exact) mass is 347 g/mol. The molecule has 1 heterocycles. The molecule has 6 heteroatoms. The Morgan fingerprint density at radius 3 is 2.52 bits per heavy atom. The molecule has 1 aromatic carbocycles. The quantitative estimate of drug-likeness (QED) is 0.797. The van der Waals surface area contributed by atoms with Gasteiger partial charge < -0.3 is 15.4 Å². The van der Waals surface area contributed by atoms with E-state index in [2.05, 4.69) is 15.5 Å². The lowest BCUT2D eigenvalue weighted by atomic mass is 10.0. The predicted octanol–water partition coefficient (Wildman–Crippen LogP) is 1.78. The molecule has 1 atom stereocenters. The van der Waals surface area contributed by atoms with Crippen LogP contribution in [0, 0.1) is 20.8 Å². The van der Waals surface area contributed by atoms with Gasteiger partial charge in [-0.05, 0) is 51.3 Å². The summed E-state index contributed by atoms with van der Waals surface area (Å²) in [5, 5.41) is 5.62. The highest BCUT2D eigenvalue weighted by molar-refractivity contribution is 6.39. The second-order valence-corrected chi connectivity index (χ2v) is 6.83. The Kier molecular flexibility index (Phi) is 6.96. The van der Waals surface area contributed by atoms with Gasteiger partial charge in [-0.1, -0.05) is 17.7 Å². The summed E-state index contributed by atoms with van der Waals surface area (Å²) in [6, 6.07) is 3.99. The molecule has 1 saturated heterocycles. The van der Waals surface area contributed by atoms with Gasteiger partial charge in [0.15, 0.2) is 0 Å². The fourth-order valence-electron chi connectivity index (χ4n) is 3.40. The topological polar surface area (TPSA) is 70.7 Å². The Hall–Kier alpha value is -1.92. The minimum atomic E-state index is -0.607. The van der Waals surface area contributed by atoms with Gasteiger partial charge in [-0.3, -0.25) is 14.5 Å². The molecule has 1 fully saturated rings. The van der Waals surface area contributed by atoms with E-state index in [4.69, 9.17) is 4.74 Å². The molecule has 2 rings (SSSR count). The fraction of sp³-hybridized carbons (Fsp3) is 0.579. The van der Waals surface area contributed by atoms with E-state index in [1.807, 2.05) is 32.9 Å². The number of aryl methyl sites for hydroxylation is 3. The smallest absolute Gasteiger partial charge is 0.313 e. The normalized spacial score (nSPS) is 18.0. The number of piperidine rings is 1. The van der Waals surface area contributed by atoms with E-state index in [0.717, 1.165) is 54.9 Å². The average Bonchev–Trinajstić information content (AvgIpc) is 2.56. The number of carbonyl (C=O) groups excluding carboxylic acids is 2. The van der Waals surface area contributed by atoms with Crippen LogP contribution in [-0.2, 0) is 14.3 Å². The average molecular weight is 347 g/mol. The van der Waals surface area contributed by atoms with E-state index in [1.54, 1.807) is 7.11 Å². The molecule has 0 bridgehead atoms. The number of benzene rings is 1. The number of likely N-dealkylation sites (tertiary alicyclic amines) is 1. The van der Waals surface area contributed by atoms with Crippen LogP contribution in [0.5, 0.6) is 0 Å². The Balaban J connectivity index is 1.91. The fourth-order valence-corrected chi connectivity index (χ4v) is 3.40. The van der Waals surface area contributed by atoms with Crippen molar-refractivity contribution >= 4 is 17.5 Å². The SMILES string of the molecule is COCCN1CCC[C@@H](NC(=O)C(=O)Nc2c(C)cc(C)cc2C)C1. The summed E-state index contributed by atoms with van der Waals surface area (Å²) in [4.78, 5) is 26.8. The van der Waals surface area contributed by atoms with Crippen molar-refractivity contribution in [3.8, 4) is 0 Å².